The van der Waals surface area contributed by atoms with Gasteiger partial charge in [0.15, 0.2) is 0 Å². The predicted octanol–water partition coefficient (Wildman–Crippen LogP) is 6.39. The lowest BCUT2D eigenvalue weighted by atomic mass is 10.2. The van der Waals surface area contributed by atoms with Crippen LogP contribution in [0.25, 0.3) is 0 Å². The topological polar surface area (TPSA) is 9.23 Å². The maximum atomic E-state index is 14.0. The summed E-state index contributed by atoms with van der Waals surface area (Å²) in [4.78, 5) is 0. The summed E-state index contributed by atoms with van der Waals surface area (Å²) in [6.45, 7) is 5.93. The monoisotopic (exact) mass is 536 g/mol. The number of halogens is 5. The molecular formula is C21H25Br2F3OSi. The Balaban J connectivity index is 2.66. The molecule has 0 aliphatic rings. The standard InChI is InChI=1S/C21H25Br2F3OSi/c1-20(2,3)28(16-10-6-4-7-11-16,17-12-8-5-9-13-17)27-18(21(24,25)26)14-15-19(22)23/h4-13,18-19H,14-15H2,1-3H3/t18-/m0/s1. The van der Waals surface area contributed by atoms with Crippen LogP contribution in [-0.2, 0) is 4.43 Å². The molecular weight excluding hydrogens is 513 g/mol. The minimum atomic E-state index is -4.44. The van der Waals surface area contributed by atoms with E-state index in [1.54, 1.807) is 0 Å². The highest BCUT2D eigenvalue weighted by molar-refractivity contribution is 9.24. The minimum Gasteiger partial charge on any atom is -0.395 e. The summed E-state index contributed by atoms with van der Waals surface area (Å²) < 4.78 is 48.0. The van der Waals surface area contributed by atoms with Gasteiger partial charge in [-0.1, -0.05) is 113 Å². The number of rotatable bonds is 7. The van der Waals surface area contributed by atoms with E-state index in [9.17, 15) is 13.2 Å². The van der Waals surface area contributed by atoms with Gasteiger partial charge in [-0.3, -0.25) is 0 Å². The van der Waals surface area contributed by atoms with Gasteiger partial charge in [0.1, 0.15) is 6.10 Å². The third-order valence-corrected chi connectivity index (χ3v) is 10.7. The lowest BCUT2D eigenvalue weighted by Crippen LogP contribution is -2.68. The van der Waals surface area contributed by atoms with Crippen molar-refractivity contribution in [1.82, 2.24) is 0 Å². The van der Waals surface area contributed by atoms with Gasteiger partial charge in [-0.2, -0.15) is 13.2 Å². The van der Waals surface area contributed by atoms with Crippen molar-refractivity contribution in [2.45, 2.75) is 54.7 Å². The fourth-order valence-corrected chi connectivity index (χ4v) is 8.69. The number of hydrogen-bond acceptors (Lipinski definition) is 1. The third-order valence-electron chi connectivity index (χ3n) is 4.75. The molecule has 0 radical (unpaired) electrons. The van der Waals surface area contributed by atoms with E-state index < -0.39 is 25.6 Å². The average Bonchev–Trinajstić information content (AvgIpc) is 2.61. The highest BCUT2D eigenvalue weighted by Crippen LogP contribution is 2.41. The number of alkyl halides is 5. The first-order valence-corrected chi connectivity index (χ1v) is 12.9. The predicted molar refractivity (Wildman–Crippen MR) is 119 cm³/mol. The van der Waals surface area contributed by atoms with Gasteiger partial charge >= 0.3 is 6.18 Å². The first kappa shape index (κ1) is 23.6. The molecule has 0 aromatic heterocycles. The summed E-state index contributed by atoms with van der Waals surface area (Å²) in [5.41, 5.74) is 0. The van der Waals surface area contributed by atoms with Gasteiger partial charge in [-0.25, -0.2) is 0 Å². The van der Waals surface area contributed by atoms with Gasteiger partial charge < -0.3 is 4.43 Å². The van der Waals surface area contributed by atoms with E-state index >= 15 is 0 Å². The Morgan fingerprint density at radius 1 is 0.821 bits per heavy atom. The van der Waals surface area contributed by atoms with E-state index in [0.29, 0.717) is 6.42 Å². The van der Waals surface area contributed by atoms with Crippen molar-refractivity contribution in [3.05, 3.63) is 60.7 Å². The molecule has 0 unspecified atom stereocenters. The first-order chi connectivity index (χ1) is 13.0. The summed E-state index contributed by atoms with van der Waals surface area (Å²) in [5.74, 6) is 0. The summed E-state index contributed by atoms with van der Waals surface area (Å²) in [5, 5.41) is 1.19. The van der Waals surface area contributed by atoms with Crippen LogP contribution in [-0.4, -0.2) is 24.3 Å². The maximum absolute atomic E-state index is 14.0. The Morgan fingerprint density at radius 3 is 1.57 bits per heavy atom. The van der Waals surface area contributed by atoms with Crippen molar-refractivity contribution in [1.29, 1.82) is 0 Å². The van der Waals surface area contributed by atoms with Crippen LogP contribution in [0.2, 0.25) is 5.04 Å². The van der Waals surface area contributed by atoms with Crippen LogP contribution in [0.4, 0.5) is 13.2 Å². The summed E-state index contributed by atoms with van der Waals surface area (Å²) >= 11 is 6.57. The molecule has 1 atom stereocenters. The Labute approximate surface area is 183 Å². The van der Waals surface area contributed by atoms with Crippen molar-refractivity contribution in [2.75, 3.05) is 0 Å². The van der Waals surface area contributed by atoms with Crippen LogP contribution >= 0.6 is 31.9 Å². The fraction of sp³-hybridized carbons (Fsp3) is 0.429. The van der Waals surface area contributed by atoms with Crippen LogP contribution in [0.15, 0.2) is 60.7 Å². The smallest absolute Gasteiger partial charge is 0.395 e. The maximum Gasteiger partial charge on any atom is 0.413 e. The molecule has 0 heterocycles. The third kappa shape index (κ3) is 5.49. The Morgan fingerprint density at radius 2 is 1.25 bits per heavy atom. The van der Waals surface area contributed by atoms with E-state index in [1.807, 2.05) is 81.4 Å². The molecule has 2 aromatic carbocycles. The van der Waals surface area contributed by atoms with Gasteiger partial charge in [-0.15, -0.1) is 0 Å². The molecule has 28 heavy (non-hydrogen) atoms. The van der Waals surface area contributed by atoms with Gasteiger partial charge in [0, 0.05) is 0 Å². The second-order valence-corrected chi connectivity index (χ2v) is 15.5. The molecule has 0 saturated heterocycles. The van der Waals surface area contributed by atoms with Crippen molar-refractivity contribution in [3.63, 3.8) is 0 Å². The molecule has 154 valence electrons. The molecule has 2 rings (SSSR count). The van der Waals surface area contributed by atoms with E-state index in [4.69, 9.17) is 4.43 Å². The molecule has 0 N–H and O–H groups in total. The highest BCUT2D eigenvalue weighted by Gasteiger charge is 2.55. The van der Waals surface area contributed by atoms with E-state index in [0.717, 1.165) is 10.4 Å². The van der Waals surface area contributed by atoms with Gasteiger partial charge in [0.05, 0.1) is 3.74 Å². The molecule has 0 bridgehead atoms. The van der Waals surface area contributed by atoms with Crippen LogP contribution in [0.3, 0.4) is 0 Å². The SMILES string of the molecule is CC(C)(C)[Si](O[C@@H](CCC(Br)Br)C(F)(F)F)(c1ccccc1)c1ccccc1. The summed E-state index contributed by atoms with van der Waals surface area (Å²) in [6, 6.07) is 18.8. The van der Waals surface area contributed by atoms with Gasteiger partial charge in [0.25, 0.3) is 8.32 Å². The molecule has 1 nitrogen and oxygen atoms in total. The largest absolute Gasteiger partial charge is 0.413 e. The summed E-state index contributed by atoms with van der Waals surface area (Å²) in [6.07, 6.45) is -6.09. The quantitative estimate of drug-likeness (QED) is 0.293. The van der Waals surface area contributed by atoms with Gasteiger partial charge in [0.2, 0.25) is 0 Å². The summed E-state index contributed by atoms with van der Waals surface area (Å²) in [7, 11) is -3.24. The second kappa shape index (κ2) is 9.45. The van der Waals surface area contributed by atoms with E-state index in [1.165, 1.54) is 0 Å². The molecule has 0 saturated carbocycles. The Kier molecular flexibility index (Phi) is 7.98. The van der Waals surface area contributed by atoms with Crippen molar-refractivity contribution in [2.24, 2.45) is 0 Å². The van der Waals surface area contributed by atoms with Crippen LogP contribution < -0.4 is 10.4 Å². The van der Waals surface area contributed by atoms with E-state index in [2.05, 4.69) is 31.9 Å². The minimum absolute atomic E-state index is 0.116. The number of hydrogen-bond donors (Lipinski definition) is 0. The zero-order valence-electron chi connectivity index (χ0n) is 16.1. The fourth-order valence-electron chi connectivity index (χ4n) is 3.47. The van der Waals surface area contributed by atoms with Crippen LogP contribution in [0.1, 0.15) is 33.6 Å². The van der Waals surface area contributed by atoms with Gasteiger partial charge in [-0.05, 0) is 28.3 Å². The number of benzene rings is 2. The van der Waals surface area contributed by atoms with E-state index in [-0.39, 0.29) is 10.2 Å². The molecule has 2 aromatic rings. The zero-order chi connectivity index (χ0) is 21.0. The normalized spacial score (nSPS) is 14.3. The molecule has 0 amide bonds. The average molecular weight is 538 g/mol. The van der Waals surface area contributed by atoms with Crippen LogP contribution in [0.5, 0.6) is 0 Å². The molecule has 0 spiro atoms. The second-order valence-electron chi connectivity index (χ2n) is 7.78. The Hall–Kier alpha value is -0.633. The first-order valence-electron chi connectivity index (χ1n) is 9.12. The Bertz CT molecular complexity index is 691. The zero-order valence-corrected chi connectivity index (χ0v) is 20.3. The highest BCUT2D eigenvalue weighted by atomic mass is 79.9. The molecule has 0 aliphatic carbocycles. The molecule has 0 aliphatic heterocycles. The van der Waals surface area contributed by atoms with Crippen molar-refractivity contribution < 1.29 is 17.6 Å². The molecule has 0 fully saturated rings. The lowest BCUT2D eigenvalue weighted by Gasteiger charge is -2.45. The molecule has 7 heteroatoms. The van der Waals surface area contributed by atoms with Crippen molar-refractivity contribution in [3.8, 4) is 0 Å². The lowest BCUT2D eigenvalue weighted by molar-refractivity contribution is -0.199. The van der Waals surface area contributed by atoms with Crippen LogP contribution in [0, 0.1) is 0 Å². The van der Waals surface area contributed by atoms with Crippen molar-refractivity contribution >= 4 is 50.6 Å².